The first kappa shape index (κ1) is 33.1. The highest BCUT2D eigenvalue weighted by molar-refractivity contribution is 7.86. The second-order valence-corrected chi connectivity index (χ2v) is 12.0. The first-order chi connectivity index (χ1) is 21.7. The number of aliphatic hydroxyl groups excluding tert-OH is 4. The van der Waals surface area contributed by atoms with E-state index in [9.17, 15) is 51.4 Å². The lowest BCUT2D eigenvalue weighted by molar-refractivity contribution is -0.274. The normalized spacial score (nSPS) is 15.3. The number of aldehydes is 1. The van der Waals surface area contributed by atoms with Gasteiger partial charge in [-0.25, -0.2) is 0 Å². The number of fused-ring (bicyclic) bond motifs is 3. The zero-order valence-corrected chi connectivity index (χ0v) is 24.4. The van der Waals surface area contributed by atoms with Crippen molar-refractivity contribution in [2.45, 2.75) is 48.5 Å². The predicted octanol–water partition coefficient (Wildman–Crippen LogP) is 4.10. The van der Waals surface area contributed by atoms with Crippen LogP contribution in [0.2, 0.25) is 0 Å². The van der Waals surface area contributed by atoms with E-state index < -0.39 is 51.5 Å². The zero-order valence-electron chi connectivity index (χ0n) is 23.6. The quantitative estimate of drug-likeness (QED) is 0.103. The highest BCUT2D eigenvalue weighted by atomic mass is 32.2. The Balaban J connectivity index is 1.51. The van der Waals surface area contributed by atoms with Crippen LogP contribution in [-0.4, -0.2) is 64.4 Å². The summed E-state index contributed by atoms with van der Waals surface area (Å²) in [4.78, 5) is 10.3. The van der Waals surface area contributed by atoms with E-state index >= 15 is 0 Å². The van der Waals surface area contributed by atoms with Gasteiger partial charge in [0.05, 0.1) is 0 Å². The monoisotopic (exact) mass is 660 g/mol. The molecule has 5 N–H and O–H groups in total. The molecule has 5 rings (SSSR count). The molecule has 14 heteroatoms. The Labute approximate surface area is 260 Å². The van der Waals surface area contributed by atoms with Crippen LogP contribution in [0, 0.1) is 0 Å². The third kappa shape index (κ3) is 7.07. The van der Waals surface area contributed by atoms with Crippen LogP contribution in [0.15, 0.2) is 83.8 Å². The van der Waals surface area contributed by atoms with Gasteiger partial charge >= 0.3 is 6.36 Å². The Morgan fingerprint density at radius 1 is 0.826 bits per heavy atom. The smallest absolute Gasteiger partial charge is 0.457 e. The van der Waals surface area contributed by atoms with Crippen molar-refractivity contribution in [2.75, 3.05) is 0 Å². The van der Waals surface area contributed by atoms with Gasteiger partial charge in [0, 0.05) is 5.56 Å². The van der Waals surface area contributed by atoms with Crippen molar-refractivity contribution in [1.82, 2.24) is 0 Å². The molecule has 46 heavy (non-hydrogen) atoms. The van der Waals surface area contributed by atoms with Crippen LogP contribution >= 0.6 is 0 Å². The summed E-state index contributed by atoms with van der Waals surface area (Å²) in [6.07, 6.45) is -13.5. The number of hydrogen-bond donors (Lipinski definition) is 5. The van der Waals surface area contributed by atoms with Crippen molar-refractivity contribution in [2.24, 2.45) is 0 Å². The van der Waals surface area contributed by atoms with Gasteiger partial charge in [0.15, 0.2) is 6.29 Å². The molecule has 1 aliphatic carbocycles. The number of alkyl halides is 3. The van der Waals surface area contributed by atoms with Crippen LogP contribution < -0.4 is 9.47 Å². The van der Waals surface area contributed by atoms with Crippen molar-refractivity contribution in [3.05, 3.63) is 107 Å². The molecule has 4 atom stereocenters. The Morgan fingerprint density at radius 2 is 1.41 bits per heavy atom. The molecule has 0 amide bonds. The number of hydrogen-bond acceptors (Lipinski definition) is 9. The molecule has 0 radical (unpaired) electrons. The second-order valence-electron chi connectivity index (χ2n) is 10.6. The first-order valence-corrected chi connectivity index (χ1v) is 15.1. The van der Waals surface area contributed by atoms with Crippen LogP contribution in [0.4, 0.5) is 13.2 Å². The second kappa shape index (κ2) is 12.8. The maximum absolute atomic E-state index is 12.9. The molecule has 10 nitrogen and oxygen atoms in total. The van der Waals surface area contributed by atoms with Gasteiger partial charge in [0.25, 0.3) is 10.1 Å². The molecule has 1 unspecified atom stereocenters. The third-order valence-electron chi connectivity index (χ3n) is 7.51. The van der Waals surface area contributed by atoms with Crippen LogP contribution in [0.25, 0.3) is 11.1 Å². The highest BCUT2D eigenvalue weighted by Crippen LogP contribution is 2.45. The average molecular weight is 661 g/mol. The van der Waals surface area contributed by atoms with Gasteiger partial charge in [0.2, 0.25) is 0 Å². The van der Waals surface area contributed by atoms with Crippen molar-refractivity contribution >= 4 is 16.4 Å². The third-order valence-corrected chi connectivity index (χ3v) is 8.51. The maximum Gasteiger partial charge on any atom is 0.573 e. The summed E-state index contributed by atoms with van der Waals surface area (Å²) in [5, 5.41) is 42.0. The van der Waals surface area contributed by atoms with Gasteiger partial charge in [-0.05, 0) is 88.7 Å². The fourth-order valence-electron chi connectivity index (χ4n) is 5.47. The SMILES string of the molecule is O=C[C@H](O)[C@@H](O)[C@H](O)C(O)c1c2c(cc(Cc3ccc(Oc4ccc(OC(F)(F)F)cc4)cc3)c1S(=O)(=O)O)-c1ccccc1C2. The maximum atomic E-state index is 12.9. The van der Waals surface area contributed by atoms with Crippen LogP contribution in [-0.2, 0) is 27.8 Å². The van der Waals surface area contributed by atoms with E-state index in [0.29, 0.717) is 22.4 Å². The number of ether oxygens (including phenoxy) is 2. The molecule has 0 aliphatic heterocycles. The summed E-state index contributed by atoms with van der Waals surface area (Å²) in [6, 6.07) is 19.6. The van der Waals surface area contributed by atoms with Gasteiger partial charge in [-0.15, -0.1) is 13.2 Å². The van der Waals surface area contributed by atoms with Crippen LogP contribution in [0.1, 0.15) is 33.9 Å². The number of aliphatic hydroxyl groups is 4. The molecular formula is C32H27F3O10S. The Morgan fingerprint density at radius 3 is 2.00 bits per heavy atom. The topological polar surface area (TPSA) is 171 Å². The first-order valence-electron chi connectivity index (χ1n) is 13.7. The fraction of sp³-hybridized carbons (Fsp3) is 0.219. The number of halogens is 3. The minimum absolute atomic E-state index is 0.0403. The summed E-state index contributed by atoms with van der Waals surface area (Å²) in [6.45, 7) is 0. The molecule has 4 aromatic carbocycles. The van der Waals surface area contributed by atoms with Crippen molar-refractivity contribution < 1.29 is 60.8 Å². The molecule has 4 aromatic rings. The summed E-state index contributed by atoms with van der Waals surface area (Å²) >= 11 is 0. The minimum Gasteiger partial charge on any atom is -0.457 e. The molecule has 0 saturated carbocycles. The summed E-state index contributed by atoms with van der Waals surface area (Å²) in [7, 11) is -5.08. The largest absolute Gasteiger partial charge is 0.573 e. The summed E-state index contributed by atoms with van der Waals surface area (Å²) in [5.41, 5.74) is 2.45. The molecule has 1 aliphatic rings. The van der Waals surface area contributed by atoms with Crippen molar-refractivity contribution in [3.63, 3.8) is 0 Å². The van der Waals surface area contributed by atoms with E-state index in [4.69, 9.17) is 4.74 Å². The molecule has 0 heterocycles. The Bertz CT molecular complexity index is 1840. The van der Waals surface area contributed by atoms with Gasteiger partial charge < -0.3 is 34.7 Å². The van der Waals surface area contributed by atoms with Gasteiger partial charge in [-0.3, -0.25) is 4.55 Å². The number of carbonyl (C=O) groups excluding carboxylic acids is 1. The molecule has 0 spiro atoms. The van der Waals surface area contributed by atoms with Crippen LogP contribution in [0.3, 0.4) is 0 Å². The van der Waals surface area contributed by atoms with Crippen molar-refractivity contribution in [3.8, 4) is 28.4 Å². The lowest BCUT2D eigenvalue weighted by Gasteiger charge is -2.28. The van der Waals surface area contributed by atoms with Gasteiger partial charge in [0.1, 0.15) is 46.6 Å². The Hall–Kier alpha value is -4.31. The Kier molecular flexibility index (Phi) is 9.22. The molecule has 0 aromatic heterocycles. The van der Waals surface area contributed by atoms with Gasteiger partial charge in [-0.1, -0.05) is 36.4 Å². The van der Waals surface area contributed by atoms with E-state index in [1.54, 1.807) is 42.5 Å². The highest BCUT2D eigenvalue weighted by Gasteiger charge is 2.39. The number of benzene rings is 4. The van der Waals surface area contributed by atoms with Gasteiger partial charge in [-0.2, -0.15) is 8.42 Å². The summed E-state index contributed by atoms with van der Waals surface area (Å²) < 4.78 is 83.0. The molecular weight excluding hydrogens is 633 g/mol. The molecule has 0 bridgehead atoms. The number of rotatable bonds is 11. The van der Waals surface area contributed by atoms with Crippen LogP contribution in [0.5, 0.6) is 17.2 Å². The van der Waals surface area contributed by atoms with E-state index in [1.165, 1.54) is 24.3 Å². The van der Waals surface area contributed by atoms with Crippen molar-refractivity contribution in [1.29, 1.82) is 0 Å². The fourth-order valence-corrected chi connectivity index (χ4v) is 6.45. The van der Waals surface area contributed by atoms with E-state index in [-0.39, 0.29) is 41.6 Å². The molecule has 0 saturated heterocycles. The minimum atomic E-state index is -5.08. The average Bonchev–Trinajstić information content (AvgIpc) is 3.38. The number of carbonyl (C=O) groups is 1. The predicted molar refractivity (Wildman–Crippen MR) is 156 cm³/mol. The summed E-state index contributed by atoms with van der Waals surface area (Å²) in [5.74, 6) is 0.0913. The molecule has 242 valence electrons. The van der Waals surface area contributed by atoms with E-state index in [0.717, 1.165) is 17.7 Å². The van der Waals surface area contributed by atoms with E-state index in [1.807, 2.05) is 0 Å². The zero-order chi connectivity index (χ0) is 33.4. The lowest BCUT2D eigenvalue weighted by Crippen LogP contribution is -2.42. The van der Waals surface area contributed by atoms with E-state index in [2.05, 4.69) is 4.74 Å². The lowest BCUT2D eigenvalue weighted by atomic mass is 9.88. The standard InChI is InChI=1S/C32H27F3O10S/c33-32(34,35)45-22-11-9-21(10-12-22)44-20-7-5-17(6-8-20)13-19-15-24-23-4-2-1-3-18(23)14-25(24)27(31(19)46(41,42)43)29(39)30(40)28(38)26(37)16-36/h1-12,15-16,26,28-30,37-40H,13-14H2,(H,41,42,43)/t26-,28+,29?,30-/m0/s1. The molecule has 0 fully saturated rings.